The molecule has 6 heterocycles. The Kier molecular flexibility index (Phi) is 17.3. The quantitative estimate of drug-likeness (QED) is 0.0448. The number of hydrogen-bond acceptors (Lipinski definition) is 10. The van der Waals surface area contributed by atoms with Crippen LogP contribution in [0.2, 0.25) is 0 Å². The minimum absolute atomic E-state index is 0.0622. The van der Waals surface area contributed by atoms with Gasteiger partial charge in [-0.15, -0.1) is 0 Å². The maximum Gasteiger partial charge on any atom is 0.272 e. The zero-order valence-corrected chi connectivity index (χ0v) is 42.4. The van der Waals surface area contributed by atoms with Gasteiger partial charge in [0.15, 0.2) is 0 Å². The lowest BCUT2D eigenvalue weighted by Crippen LogP contribution is -2.40. The molecule has 0 saturated carbocycles. The van der Waals surface area contributed by atoms with E-state index in [-0.39, 0.29) is 71.6 Å². The molecule has 6 rings (SSSR count). The van der Waals surface area contributed by atoms with E-state index < -0.39 is 29.5 Å². The molecule has 0 aliphatic rings. The van der Waals surface area contributed by atoms with Crippen LogP contribution in [0.3, 0.4) is 0 Å². The summed E-state index contributed by atoms with van der Waals surface area (Å²) in [6.07, 6.45) is 10.8. The third-order valence-electron chi connectivity index (χ3n) is 11.5. The Morgan fingerprint density at radius 3 is 1.05 bits per heavy atom. The van der Waals surface area contributed by atoms with Crippen LogP contribution in [0, 0.1) is 0 Å². The SMILES string of the molecule is CC(CN(C)C)NC(=O)c1cc(NC(=O)c2cc(NC(=O)c3cc(NC(=O)CCCNC(=O)c4cc(NC(=O)c5cc(NC(=O)c6cc(NC(=O)CCCN)cn6C)cn5C)cn4C)cn3C)cn2C)cn1C. The zero-order chi connectivity index (χ0) is 53.3. The van der Waals surface area contributed by atoms with Crippen LogP contribution in [0.5, 0.6) is 0 Å². The Morgan fingerprint density at radius 1 is 0.452 bits per heavy atom. The highest BCUT2D eigenvalue weighted by Crippen LogP contribution is 2.22. The van der Waals surface area contributed by atoms with E-state index in [4.69, 9.17) is 5.73 Å². The maximum absolute atomic E-state index is 13.3. The maximum atomic E-state index is 13.3. The summed E-state index contributed by atoms with van der Waals surface area (Å²) in [6.45, 7) is 3.14. The van der Waals surface area contributed by atoms with Crippen molar-refractivity contribution in [2.75, 3.05) is 65.6 Å². The van der Waals surface area contributed by atoms with Gasteiger partial charge in [0.2, 0.25) is 11.8 Å². The molecule has 8 amide bonds. The van der Waals surface area contributed by atoms with Gasteiger partial charge in [0.25, 0.3) is 35.4 Å². The number of aryl methyl sites for hydroxylation is 6. The molecular formula is C49H64N16O8. The van der Waals surface area contributed by atoms with Crippen molar-refractivity contribution < 1.29 is 38.4 Å². The number of nitrogens with one attached hydrogen (secondary N) is 8. The minimum atomic E-state index is -0.486. The van der Waals surface area contributed by atoms with Crippen molar-refractivity contribution in [2.45, 2.75) is 38.6 Å². The van der Waals surface area contributed by atoms with E-state index in [1.165, 1.54) is 24.3 Å². The van der Waals surface area contributed by atoms with Gasteiger partial charge in [-0.3, -0.25) is 38.4 Å². The molecule has 388 valence electrons. The Bertz CT molecular complexity index is 3050. The van der Waals surface area contributed by atoms with E-state index in [2.05, 4.69) is 42.5 Å². The molecule has 6 aromatic rings. The number of nitrogens with two attached hydrogens (primary N) is 1. The van der Waals surface area contributed by atoms with Crippen molar-refractivity contribution >= 4 is 81.4 Å². The smallest absolute Gasteiger partial charge is 0.272 e. The molecule has 0 aliphatic carbocycles. The fourth-order valence-corrected chi connectivity index (χ4v) is 8.07. The first-order valence-electron chi connectivity index (χ1n) is 23.4. The summed E-state index contributed by atoms with van der Waals surface area (Å²) >= 11 is 0. The number of nitrogens with zero attached hydrogens (tertiary/aromatic N) is 7. The highest BCUT2D eigenvalue weighted by atomic mass is 16.2. The number of aromatic nitrogens is 6. The number of likely N-dealkylation sites (N-methyl/N-ethyl adjacent to an activating group) is 1. The van der Waals surface area contributed by atoms with Crippen LogP contribution < -0.4 is 48.3 Å². The lowest BCUT2D eigenvalue weighted by Gasteiger charge is -2.18. The topological polar surface area (TPSA) is 292 Å². The van der Waals surface area contributed by atoms with E-state index in [1.54, 1.807) is 119 Å². The molecular weight excluding hydrogens is 941 g/mol. The zero-order valence-electron chi connectivity index (χ0n) is 42.4. The molecule has 10 N–H and O–H groups in total. The molecule has 73 heavy (non-hydrogen) atoms. The van der Waals surface area contributed by atoms with E-state index in [1.807, 2.05) is 25.9 Å². The molecule has 24 heteroatoms. The fraction of sp³-hybridized carbons (Fsp3) is 0.347. The number of amides is 8. The Labute approximate surface area is 421 Å². The standard InChI is InChI=1S/C49H64N16O8/c1-29(22-59(2)3)52-45(69)37-19-33(26-63(37)7)56-49(73)41-21-35(28-65(41)9)58-47(71)39-17-31(24-62(39)6)54-43(67)13-11-15-51-44(68)36-18-32(25-60(36)4)55-48(72)40-20-34(27-64(40)8)57-46(70)38-16-30(23-61(38)5)53-42(66)12-10-14-50/h16-21,23-29H,10-15,22,50H2,1-9H3,(H,51,68)(H,52,69)(H,53,66)(H,54,67)(H,55,72)(H,56,73)(H,57,70)(H,58,71). The van der Waals surface area contributed by atoms with Crippen LogP contribution in [-0.4, -0.2) is 119 Å². The van der Waals surface area contributed by atoms with Crippen LogP contribution >= 0.6 is 0 Å². The highest BCUT2D eigenvalue weighted by molar-refractivity contribution is 6.09. The van der Waals surface area contributed by atoms with Gasteiger partial charge in [-0.2, -0.15) is 0 Å². The van der Waals surface area contributed by atoms with Gasteiger partial charge in [-0.25, -0.2) is 0 Å². The van der Waals surface area contributed by atoms with Gasteiger partial charge in [-0.1, -0.05) is 0 Å². The molecule has 0 saturated heterocycles. The van der Waals surface area contributed by atoms with E-state index >= 15 is 0 Å². The predicted octanol–water partition coefficient (Wildman–Crippen LogP) is 3.23. The average molecular weight is 1010 g/mol. The van der Waals surface area contributed by atoms with Crippen LogP contribution in [0.15, 0.2) is 73.6 Å². The van der Waals surface area contributed by atoms with Gasteiger partial charge in [0, 0.05) is 111 Å². The fourth-order valence-electron chi connectivity index (χ4n) is 8.07. The summed E-state index contributed by atoms with van der Waals surface area (Å²) in [7, 11) is 13.9. The van der Waals surface area contributed by atoms with Gasteiger partial charge in [-0.05, 0) is 76.8 Å². The first-order valence-corrected chi connectivity index (χ1v) is 23.4. The van der Waals surface area contributed by atoms with E-state index in [0.29, 0.717) is 65.7 Å². The molecule has 1 atom stereocenters. The molecule has 24 nitrogen and oxygen atoms in total. The summed E-state index contributed by atoms with van der Waals surface area (Å²) in [6, 6.07) is 9.14. The second-order valence-electron chi connectivity index (χ2n) is 18.2. The van der Waals surface area contributed by atoms with E-state index in [9.17, 15) is 38.4 Å². The van der Waals surface area contributed by atoms with Crippen molar-refractivity contribution in [1.29, 1.82) is 0 Å². The normalized spacial score (nSPS) is 11.5. The lowest BCUT2D eigenvalue weighted by atomic mass is 10.2. The number of anilines is 6. The van der Waals surface area contributed by atoms with Crippen LogP contribution in [0.1, 0.15) is 95.5 Å². The molecule has 0 aromatic carbocycles. The molecule has 0 fully saturated rings. The summed E-state index contributed by atoms with van der Waals surface area (Å²) in [4.78, 5) is 106. The largest absolute Gasteiger partial charge is 0.351 e. The summed E-state index contributed by atoms with van der Waals surface area (Å²) in [5, 5.41) is 22.4. The monoisotopic (exact) mass is 1000 g/mol. The van der Waals surface area contributed by atoms with Gasteiger partial charge >= 0.3 is 0 Å². The van der Waals surface area contributed by atoms with Crippen molar-refractivity contribution in [3.63, 3.8) is 0 Å². The van der Waals surface area contributed by atoms with Crippen molar-refractivity contribution in [2.24, 2.45) is 48.0 Å². The molecule has 0 radical (unpaired) electrons. The molecule has 0 spiro atoms. The highest BCUT2D eigenvalue weighted by Gasteiger charge is 2.22. The van der Waals surface area contributed by atoms with Crippen molar-refractivity contribution in [1.82, 2.24) is 42.9 Å². The summed E-state index contributed by atoms with van der Waals surface area (Å²) < 4.78 is 9.43. The molecule has 1 unspecified atom stereocenters. The lowest BCUT2D eigenvalue weighted by molar-refractivity contribution is -0.117. The Hall–Kier alpha value is -8.64. The van der Waals surface area contributed by atoms with Crippen molar-refractivity contribution in [3.05, 3.63) is 108 Å². The van der Waals surface area contributed by atoms with Gasteiger partial charge in [0.1, 0.15) is 34.2 Å². The number of rotatable bonds is 22. The molecule has 0 aliphatic heterocycles. The predicted molar refractivity (Wildman–Crippen MR) is 277 cm³/mol. The third-order valence-corrected chi connectivity index (χ3v) is 11.5. The first kappa shape index (κ1) is 53.7. The van der Waals surface area contributed by atoms with E-state index in [0.717, 1.165) is 0 Å². The third kappa shape index (κ3) is 14.0. The first-order chi connectivity index (χ1) is 34.6. The summed E-state index contributed by atoms with van der Waals surface area (Å²) in [5.41, 5.74) is 9.49. The average Bonchev–Trinajstić information content (AvgIpc) is 4.17. The molecule has 6 aromatic heterocycles. The second kappa shape index (κ2) is 23.5. The molecule has 0 bridgehead atoms. The number of carbonyl (C=O) groups is 8. The van der Waals surface area contributed by atoms with Crippen LogP contribution in [-0.2, 0) is 51.9 Å². The number of carbonyl (C=O) groups excluding carboxylic acids is 8. The van der Waals surface area contributed by atoms with Crippen molar-refractivity contribution in [3.8, 4) is 0 Å². The van der Waals surface area contributed by atoms with Gasteiger partial charge < -0.3 is 80.6 Å². The summed E-state index contributed by atoms with van der Waals surface area (Å²) in [5.74, 6) is -3.10. The number of hydrogen-bond donors (Lipinski definition) is 9. The van der Waals surface area contributed by atoms with Gasteiger partial charge in [0.05, 0.1) is 34.1 Å². The Morgan fingerprint density at radius 2 is 0.740 bits per heavy atom. The minimum Gasteiger partial charge on any atom is -0.351 e. The Balaban J connectivity index is 0.934. The second-order valence-corrected chi connectivity index (χ2v) is 18.2. The van der Waals surface area contributed by atoms with Crippen LogP contribution in [0.4, 0.5) is 34.1 Å². The van der Waals surface area contributed by atoms with Crippen LogP contribution in [0.25, 0.3) is 0 Å².